The first-order valence-corrected chi connectivity index (χ1v) is 7.57. The molecule has 2 N–H and O–H groups in total. The third-order valence-electron chi connectivity index (χ3n) is 3.51. The highest BCUT2D eigenvalue weighted by atomic mass is 32.1. The van der Waals surface area contributed by atoms with Gasteiger partial charge in [-0.3, -0.25) is 4.79 Å². The maximum atomic E-state index is 12.4. The molecule has 2 rings (SSSR count). The second-order valence-electron chi connectivity index (χ2n) is 4.97. The van der Waals surface area contributed by atoms with Crippen molar-refractivity contribution in [2.75, 3.05) is 7.05 Å². The smallest absolute Gasteiger partial charge is 0.244 e. The first-order valence-electron chi connectivity index (χ1n) is 6.69. The summed E-state index contributed by atoms with van der Waals surface area (Å²) in [7, 11) is 1.82. The van der Waals surface area contributed by atoms with Crippen LogP contribution in [0.5, 0.6) is 0 Å². The van der Waals surface area contributed by atoms with Gasteiger partial charge in [-0.1, -0.05) is 36.4 Å². The van der Waals surface area contributed by atoms with Gasteiger partial charge in [0.1, 0.15) is 6.04 Å². The lowest BCUT2D eigenvalue weighted by molar-refractivity contribution is -0.133. The van der Waals surface area contributed by atoms with Crippen molar-refractivity contribution in [3.8, 4) is 0 Å². The van der Waals surface area contributed by atoms with Gasteiger partial charge in [0.05, 0.1) is 0 Å². The minimum absolute atomic E-state index is 0.0414. The summed E-state index contributed by atoms with van der Waals surface area (Å²) in [6.45, 7) is 2.05. The van der Waals surface area contributed by atoms with Crippen LogP contribution < -0.4 is 5.73 Å². The molecule has 3 nitrogen and oxygen atoms in total. The van der Waals surface area contributed by atoms with Gasteiger partial charge in [-0.15, -0.1) is 11.3 Å². The highest BCUT2D eigenvalue weighted by molar-refractivity contribution is 7.09. The summed E-state index contributed by atoms with van der Waals surface area (Å²) < 4.78 is 0. The van der Waals surface area contributed by atoms with Crippen LogP contribution in [0.1, 0.15) is 23.4 Å². The highest BCUT2D eigenvalue weighted by Gasteiger charge is 2.23. The number of benzene rings is 1. The van der Waals surface area contributed by atoms with Crippen molar-refractivity contribution in [3.63, 3.8) is 0 Å². The van der Waals surface area contributed by atoms with Crippen molar-refractivity contribution in [2.24, 2.45) is 5.73 Å². The van der Waals surface area contributed by atoms with Crippen molar-refractivity contribution < 1.29 is 4.79 Å². The summed E-state index contributed by atoms with van der Waals surface area (Å²) in [4.78, 5) is 15.4. The normalized spacial score (nSPS) is 13.8. The Hall–Kier alpha value is -1.65. The molecular formula is C16H20N2OS. The molecule has 0 radical (unpaired) electrons. The van der Waals surface area contributed by atoms with Crippen molar-refractivity contribution in [3.05, 3.63) is 58.3 Å². The van der Waals surface area contributed by atoms with Gasteiger partial charge in [-0.25, -0.2) is 0 Å². The standard InChI is InChI=1S/C16H20N2OS/c1-12(11-14-9-6-10-20-14)18(2)16(19)15(17)13-7-4-3-5-8-13/h3-10,12,15H,11,17H2,1-2H3/t12?,15-/m0/s1. The summed E-state index contributed by atoms with van der Waals surface area (Å²) in [6.07, 6.45) is 0.863. The first kappa shape index (κ1) is 14.8. The Morgan fingerprint density at radius 1 is 1.25 bits per heavy atom. The van der Waals surface area contributed by atoms with Gasteiger partial charge >= 0.3 is 0 Å². The summed E-state index contributed by atoms with van der Waals surface area (Å²) in [5, 5.41) is 2.06. The fourth-order valence-corrected chi connectivity index (χ4v) is 2.92. The molecule has 4 heteroatoms. The minimum Gasteiger partial charge on any atom is -0.341 e. The van der Waals surface area contributed by atoms with Crippen LogP contribution in [-0.2, 0) is 11.2 Å². The molecule has 1 aromatic carbocycles. The van der Waals surface area contributed by atoms with Crippen LogP contribution in [0.25, 0.3) is 0 Å². The van der Waals surface area contributed by atoms with E-state index in [1.54, 1.807) is 16.2 Å². The lowest BCUT2D eigenvalue weighted by Crippen LogP contribution is -2.41. The molecule has 0 spiro atoms. The van der Waals surface area contributed by atoms with E-state index in [-0.39, 0.29) is 11.9 Å². The van der Waals surface area contributed by atoms with Gasteiger partial charge in [0.2, 0.25) is 5.91 Å². The molecule has 2 aromatic rings. The second kappa shape index (κ2) is 6.68. The molecule has 0 saturated carbocycles. The molecular weight excluding hydrogens is 268 g/mol. The molecule has 1 aromatic heterocycles. The number of nitrogens with zero attached hydrogens (tertiary/aromatic N) is 1. The SMILES string of the molecule is CC(Cc1cccs1)N(C)C(=O)[C@@H](N)c1ccccc1. The fourth-order valence-electron chi connectivity index (χ4n) is 2.10. The van der Waals surface area contributed by atoms with Crippen LogP contribution >= 0.6 is 11.3 Å². The molecule has 2 atom stereocenters. The van der Waals surface area contributed by atoms with Crippen LogP contribution in [0, 0.1) is 0 Å². The number of carbonyl (C=O) groups excluding carboxylic acids is 1. The monoisotopic (exact) mass is 288 g/mol. The van der Waals surface area contributed by atoms with Crippen molar-refractivity contribution in [1.29, 1.82) is 0 Å². The fraction of sp³-hybridized carbons (Fsp3) is 0.312. The van der Waals surface area contributed by atoms with Crippen molar-refractivity contribution in [1.82, 2.24) is 4.90 Å². The summed E-state index contributed by atoms with van der Waals surface area (Å²) >= 11 is 1.72. The molecule has 0 aliphatic rings. The molecule has 1 heterocycles. The largest absolute Gasteiger partial charge is 0.341 e. The average molecular weight is 288 g/mol. The minimum atomic E-state index is -0.591. The number of carbonyl (C=O) groups is 1. The molecule has 106 valence electrons. The van der Waals surface area contributed by atoms with Crippen molar-refractivity contribution >= 4 is 17.2 Å². The number of likely N-dealkylation sites (N-methyl/N-ethyl adjacent to an activating group) is 1. The van der Waals surface area contributed by atoms with Gasteiger partial charge in [0, 0.05) is 24.4 Å². The zero-order valence-corrected chi connectivity index (χ0v) is 12.6. The van der Waals surface area contributed by atoms with Crippen LogP contribution in [0.3, 0.4) is 0 Å². The second-order valence-corrected chi connectivity index (χ2v) is 6.00. The summed E-state index contributed by atoms with van der Waals surface area (Å²) in [6, 6.07) is 13.2. The van der Waals surface area contributed by atoms with Gasteiger partial charge in [-0.05, 0) is 23.9 Å². The highest BCUT2D eigenvalue weighted by Crippen LogP contribution is 2.17. The van der Waals surface area contributed by atoms with Crippen LogP contribution in [-0.4, -0.2) is 23.9 Å². The van der Waals surface area contributed by atoms with E-state index in [0.29, 0.717) is 0 Å². The number of hydrogen-bond acceptors (Lipinski definition) is 3. The van der Waals surface area contributed by atoms with E-state index in [9.17, 15) is 4.79 Å². The number of rotatable bonds is 5. The molecule has 0 aliphatic carbocycles. The zero-order valence-electron chi connectivity index (χ0n) is 11.8. The van der Waals surface area contributed by atoms with Crippen molar-refractivity contribution in [2.45, 2.75) is 25.4 Å². The predicted octanol–water partition coefficient (Wildman–Crippen LogP) is 2.84. The van der Waals surface area contributed by atoms with Gasteiger partial charge in [-0.2, -0.15) is 0 Å². The molecule has 20 heavy (non-hydrogen) atoms. The van der Waals surface area contributed by atoms with E-state index >= 15 is 0 Å². The quantitative estimate of drug-likeness (QED) is 0.919. The summed E-state index contributed by atoms with van der Waals surface area (Å²) in [5.74, 6) is -0.0414. The van der Waals surface area contributed by atoms with Crippen LogP contribution in [0.15, 0.2) is 47.8 Å². The Morgan fingerprint density at radius 2 is 1.95 bits per heavy atom. The number of hydrogen-bond donors (Lipinski definition) is 1. The molecule has 1 unspecified atom stereocenters. The van der Waals surface area contributed by atoms with Crippen LogP contribution in [0.2, 0.25) is 0 Å². The van der Waals surface area contributed by atoms with E-state index in [0.717, 1.165) is 12.0 Å². The third-order valence-corrected chi connectivity index (χ3v) is 4.41. The Bertz CT molecular complexity index is 539. The third kappa shape index (κ3) is 3.46. The van der Waals surface area contributed by atoms with E-state index in [2.05, 4.69) is 18.4 Å². The van der Waals surface area contributed by atoms with E-state index in [1.807, 2.05) is 43.4 Å². The Balaban J connectivity index is 2.01. The predicted molar refractivity (Wildman–Crippen MR) is 83.6 cm³/mol. The molecule has 0 saturated heterocycles. The lowest BCUT2D eigenvalue weighted by Gasteiger charge is -2.27. The Labute approximate surface area is 124 Å². The Morgan fingerprint density at radius 3 is 2.55 bits per heavy atom. The zero-order chi connectivity index (χ0) is 14.5. The maximum absolute atomic E-state index is 12.4. The number of nitrogens with two attached hydrogens (primary N) is 1. The molecule has 0 fully saturated rings. The van der Waals surface area contributed by atoms with E-state index in [4.69, 9.17) is 5.73 Å². The van der Waals surface area contributed by atoms with Gasteiger partial charge in [0.15, 0.2) is 0 Å². The van der Waals surface area contributed by atoms with Crippen LogP contribution in [0.4, 0.5) is 0 Å². The molecule has 1 amide bonds. The van der Waals surface area contributed by atoms with Gasteiger partial charge in [0.25, 0.3) is 0 Å². The number of thiophene rings is 1. The van der Waals surface area contributed by atoms with E-state index in [1.165, 1.54) is 4.88 Å². The maximum Gasteiger partial charge on any atom is 0.244 e. The summed E-state index contributed by atoms with van der Waals surface area (Å²) in [5.41, 5.74) is 6.92. The number of amides is 1. The molecule has 0 aliphatic heterocycles. The molecule has 0 bridgehead atoms. The van der Waals surface area contributed by atoms with Gasteiger partial charge < -0.3 is 10.6 Å². The Kier molecular flexibility index (Phi) is 4.93. The topological polar surface area (TPSA) is 46.3 Å². The first-order chi connectivity index (χ1) is 9.59. The average Bonchev–Trinajstić information content (AvgIpc) is 2.98. The lowest BCUT2D eigenvalue weighted by atomic mass is 10.1. The van der Waals surface area contributed by atoms with E-state index < -0.39 is 6.04 Å².